The van der Waals surface area contributed by atoms with Crippen LogP contribution < -0.4 is 9.47 Å². The van der Waals surface area contributed by atoms with Crippen molar-refractivity contribution in [1.29, 1.82) is 0 Å². The Kier molecular flexibility index (Phi) is 6.58. The molecule has 2 unspecified atom stereocenters. The van der Waals surface area contributed by atoms with Gasteiger partial charge in [-0.25, -0.2) is 0 Å². The van der Waals surface area contributed by atoms with Crippen LogP contribution >= 0.6 is 23.2 Å². The predicted molar refractivity (Wildman–Crippen MR) is 117 cm³/mol. The van der Waals surface area contributed by atoms with Gasteiger partial charge < -0.3 is 9.47 Å². The standard InChI is InChI=1S/C24H28Cl2O3/c1-15-11-17(7-3-5-9-25)13-19-21(15)27-24-20-14-18(8-4-6-10-26)12-16(2)22(20)28-23(19)29-24/h11-14,23-24H,3-10H2,1-2H3. The molecule has 0 spiro atoms. The average molecular weight is 435 g/mol. The fraction of sp³-hybridized carbons (Fsp3) is 0.500. The number of hydrogen-bond acceptors (Lipinski definition) is 3. The predicted octanol–water partition coefficient (Wildman–Crippen LogP) is 6.93. The Bertz CT molecular complexity index is 809. The second-order valence-corrected chi connectivity index (χ2v) is 8.75. The lowest BCUT2D eigenvalue weighted by atomic mass is 9.97. The van der Waals surface area contributed by atoms with Crippen LogP contribution in [-0.2, 0) is 17.6 Å². The van der Waals surface area contributed by atoms with Gasteiger partial charge in [0.05, 0.1) is 11.1 Å². The van der Waals surface area contributed by atoms with Gasteiger partial charge in [-0.05, 0) is 86.8 Å². The zero-order valence-electron chi connectivity index (χ0n) is 17.1. The van der Waals surface area contributed by atoms with Crippen molar-refractivity contribution < 1.29 is 14.2 Å². The third-order valence-electron chi connectivity index (χ3n) is 5.63. The molecular formula is C24H28Cl2O3. The lowest BCUT2D eigenvalue weighted by molar-refractivity contribution is -0.228. The Hall–Kier alpha value is -1.42. The Morgan fingerprint density at radius 2 is 1.14 bits per heavy atom. The maximum absolute atomic E-state index is 6.33. The Balaban J connectivity index is 1.61. The maximum Gasteiger partial charge on any atom is 0.233 e. The molecule has 2 aliphatic rings. The molecule has 2 atom stereocenters. The van der Waals surface area contributed by atoms with E-state index in [1.54, 1.807) is 0 Å². The first kappa shape index (κ1) is 20.8. The summed E-state index contributed by atoms with van der Waals surface area (Å²) in [7, 11) is 0. The highest BCUT2D eigenvalue weighted by Crippen LogP contribution is 2.50. The van der Waals surface area contributed by atoms with E-state index in [2.05, 4.69) is 38.1 Å². The van der Waals surface area contributed by atoms with Gasteiger partial charge in [-0.15, -0.1) is 23.2 Å². The second-order valence-electron chi connectivity index (χ2n) is 7.99. The summed E-state index contributed by atoms with van der Waals surface area (Å²) in [5.74, 6) is 3.19. The molecule has 5 heteroatoms. The average Bonchev–Trinajstić information content (AvgIpc) is 2.70. The van der Waals surface area contributed by atoms with Gasteiger partial charge in [0.25, 0.3) is 0 Å². The van der Waals surface area contributed by atoms with Crippen molar-refractivity contribution in [1.82, 2.24) is 0 Å². The fourth-order valence-corrected chi connectivity index (χ4v) is 4.60. The van der Waals surface area contributed by atoms with Gasteiger partial charge in [0.2, 0.25) is 12.6 Å². The van der Waals surface area contributed by atoms with Crippen LogP contribution in [0.1, 0.15) is 71.6 Å². The molecule has 0 aromatic heterocycles. The second kappa shape index (κ2) is 9.16. The highest BCUT2D eigenvalue weighted by atomic mass is 35.5. The van der Waals surface area contributed by atoms with Gasteiger partial charge in [0.1, 0.15) is 11.5 Å². The first-order valence-electron chi connectivity index (χ1n) is 10.5. The normalized spacial score (nSPS) is 19.2. The van der Waals surface area contributed by atoms with Crippen molar-refractivity contribution in [3.8, 4) is 11.5 Å². The van der Waals surface area contributed by atoms with Gasteiger partial charge in [-0.3, -0.25) is 4.74 Å². The van der Waals surface area contributed by atoms with Crippen LogP contribution in [0.4, 0.5) is 0 Å². The van der Waals surface area contributed by atoms with E-state index in [4.69, 9.17) is 37.4 Å². The highest BCUT2D eigenvalue weighted by molar-refractivity contribution is 6.18. The molecule has 2 bridgehead atoms. The van der Waals surface area contributed by atoms with Crippen molar-refractivity contribution in [3.05, 3.63) is 57.6 Å². The largest absolute Gasteiger partial charge is 0.459 e. The molecule has 0 saturated carbocycles. The van der Waals surface area contributed by atoms with Crippen molar-refractivity contribution in [3.63, 3.8) is 0 Å². The molecule has 4 rings (SSSR count). The summed E-state index contributed by atoms with van der Waals surface area (Å²) < 4.78 is 18.8. The van der Waals surface area contributed by atoms with Crippen LogP contribution in [0.25, 0.3) is 0 Å². The summed E-state index contributed by atoms with van der Waals surface area (Å²) in [5.41, 5.74) is 6.78. The molecule has 29 heavy (non-hydrogen) atoms. The number of rotatable bonds is 8. The first-order valence-corrected chi connectivity index (χ1v) is 11.5. The Morgan fingerprint density at radius 3 is 1.55 bits per heavy atom. The molecule has 2 aromatic rings. The summed E-state index contributed by atoms with van der Waals surface area (Å²) >= 11 is 11.7. The van der Waals surface area contributed by atoms with Gasteiger partial charge in [-0.2, -0.15) is 0 Å². The molecular weight excluding hydrogens is 407 g/mol. The minimum Gasteiger partial charge on any atom is -0.459 e. The van der Waals surface area contributed by atoms with Gasteiger partial charge in [-0.1, -0.05) is 12.1 Å². The molecule has 2 heterocycles. The van der Waals surface area contributed by atoms with Crippen LogP contribution in [0.2, 0.25) is 0 Å². The number of alkyl halides is 2. The zero-order chi connectivity index (χ0) is 20.4. The summed E-state index contributed by atoms with van der Waals surface area (Å²) in [6.45, 7) is 4.19. The van der Waals surface area contributed by atoms with Gasteiger partial charge in [0, 0.05) is 11.8 Å². The third-order valence-corrected chi connectivity index (χ3v) is 6.16. The van der Waals surface area contributed by atoms with Crippen LogP contribution in [0, 0.1) is 13.8 Å². The molecule has 0 N–H and O–H groups in total. The summed E-state index contributed by atoms with van der Waals surface area (Å²) in [5, 5.41) is 0. The van der Waals surface area contributed by atoms with Crippen molar-refractivity contribution in [2.24, 2.45) is 0 Å². The van der Waals surface area contributed by atoms with Crippen molar-refractivity contribution >= 4 is 23.2 Å². The van der Waals surface area contributed by atoms with Gasteiger partial charge in [0.15, 0.2) is 0 Å². The zero-order valence-corrected chi connectivity index (χ0v) is 18.6. The fourth-order valence-electron chi connectivity index (χ4n) is 4.22. The van der Waals surface area contributed by atoms with Gasteiger partial charge >= 0.3 is 0 Å². The quantitative estimate of drug-likeness (QED) is 0.333. The van der Waals surface area contributed by atoms with E-state index in [0.29, 0.717) is 11.8 Å². The van der Waals surface area contributed by atoms with E-state index in [1.807, 2.05) is 0 Å². The maximum atomic E-state index is 6.33. The molecule has 0 amide bonds. The van der Waals surface area contributed by atoms with E-state index in [0.717, 1.165) is 72.3 Å². The number of benzene rings is 2. The van der Waals surface area contributed by atoms with E-state index in [1.165, 1.54) is 11.1 Å². The summed E-state index contributed by atoms with van der Waals surface area (Å²) in [6.07, 6.45) is 5.33. The minimum absolute atomic E-state index is 0.427. The number of aryl methyl sites for hydroxylation is 4. The highest BCUT2D eigenvalue weighted by Gasteiger charge is 2.39. The molecule has 2 aromatic carbocycles. The summed E-state index contributed by atoms with van der Waals surface area (Å²) in [4.78, 5) is 0. The first-order chi connectivity index (χ1) is 14.1. The Labute approximate surface area is 183 Å². The Morgan fingerprint density at radius 1 is 0.690 bits per heavy atom. The van der Waals surface area contributed by atoms with Crippen LogP contribution in [0.15, 0.2) is 24.3 Å². The van der Waals surface area contributed by atoms with Crippen LogP contribution in [-0.4, -0.2) is 11.8 Å². The molecule has 0 aliphatic carbocycles. The molecule has 0 radical (unpaired) electrons. The molecule has 3 nitrogen and oxygen atoms in total. The number of ether oxygens (including phenoxy) is 3. The van der Waals surface area contributed by atoms with E-state index in [9.17, 15) is 0 Å². The third kappa shape index (κ3) is 4.38. The van der Waals surface area contributed by atoms with Crippen molar-refractivity contribution in [2.45, 2.75) is 65.0 Å². The van der Waals surface area contributed by atoms with E-state index < -0.39 is 12.6 Å². The van der Waals surface area contributed by atoms with Crippen LogP contribution in [0.3, 0.4) is 0 Å². The number of unbranched alkanes of at least 4 members (excludes halogenated alkanes) is 2. The lowest BCUT2D eigenvalue weighted by Gasteiger charge is -2.39. The number of fused-ring (bicyclic) bond motifs is 6. The van der Waals surface area contributed by atoms with Crippen molar-refractivity contribution in [2.75, 3.05) is 11.8 Å². The molecule has 0 saturated heterocycles. The minimum atomic E-state index is -0.427. The monoisotopic (exact) mass is 434 g/mol. The number of hydrogen-bond donors (Lipinski definition) is 0. The SMILES string of the molecule is Cc1cc(CCCCCl)cc2c1OC1OC2Oc2c(C)cc(CCCCCl)cc21. The number of halogens is 2. The summed E-state index contributed by atoms with van der Waals surface area (Å²) in [6, 6.07) is 8.75. The lowest BCUT2D eigenvalue weighted by Crippen LogP contribution is -2.31. The molecule has 0 fully saturated rings. The van der Waals surface area contributed by atoms with Crippen LogP contribution in [0.5, 0.6) is 11.5 Å². The van der Waals surface area contributed by atoms with E-state index in [-0.39, 0.29) is 0 Å². The van der Waals surface area contributed by atoms with E-state index >= 15 is 0 Å². The topological polar surface area (TPSA) is 27.7 Å². The molecule has 2 aliphatic heterocycles. The smallest absolute Gasteiger partial charge is 0.233 e. The molecule has 156 valence electrons.